The van der Waals surface area contributed by atoms with Gasteiger partial charge < -0.3 is 14.2 Å². The Balaban J connectivity index is 1.88. The van der Waals surface area contributed by atoms with Gasteiger partial charge >= 0.3 is 0 Å². The second-order valence-corrected chi connectivity index (χ2v) is 5.91. The molecule has 3 rings (SSSR count). The van der Waals surface area contributed by atoms with Crippen molar-refractivity contribution in [3.05, 3.63) is 33.4 Å². The van der Waals surface area contributed by atoms with Gasteiger partial charge in [0.25, 0.3) is 5.69 Å². The van der Waals surface area contributed by atoms with Crippen LogP contribution in [0.25, 0.3) is 0 Å². The SMILES string of the molecule is C[C@@H]1CN(Cc2cc([N+](=O)[O-])cc3c2OCOC3)C[C@H](C)O1. The number of nitrogens with zero attached hydrogens (tertiary/aromatic N) is 2. The number of morpholine rings is 1. The Hall–Kier alpha value is -1.70. The fourth-order valence-electron chi connectivity index (χ4n) is 3.16. The van der Waals surface area contributed by atoms with Crippen molar-refractivity contribution < 1.29 is 19.1 Å². The average molecular weight is 308 g/mol. The van der Waals surface area contributed by atoms with Gasteiger partial charge in [-0.25, -0.2) is 0 Å². The maximum absolute atomic E-state index is 11.1. The zero-order chi connectivity index (χ0) is 15.7. The number of ether oxygens (including phenoxy) is 3. The molecule has 2 aliphatic rings. The number of fused-ring (bicyclic) bond motifs is 1. The predicted octanol–water partition coefficient (Wildman–Crippen LogP) is 2.07. The monoisotopic (exact) mass is 308 g/mol. The Bertz CT molecular complexity index is 567. The van der Waals surface area contributed by atoms with Gasteiger partial charge in [-0.15, -0.1) is 0 Å². The fourth-order valence-corrected chi connectivity index (χ4v) is 3.16. The van der Waals surface area contributed by atoms with Crippen LogP contribution in [-0.2, 0) is 22.6 Å². The molecule has 0 spiro atoms. The van der Waals surface area contributed by atoms with E-state index in [4.69, 9.17) is 14.2 Å². The fraction of sp³-hybridized carbons (Fsp3) is 0.600. The van der Waals surface area contributed by atoms with Crippen LogP contribution in [0.5, 0.6) is 5.75 Å². The van der Waals surface area contributed by atoms with E-state index in [1.54, 1.807) is 6.07 Å². The van der Waals surface area contributed by atoms with Crippen molar-refractivity contribution in [1.29, 1.82) is 0 Å². The van der Waals surface area contributed by atoms with E-state index in [1.165, 1.54) is 6.07 Å². The first-order valence-electron chi connectivity index (χ1n) is 7.41. The van der Waals surface area contributed by atoms with Crippen LogP contribution >= 0.6 is 0 Å². The molecule has 7 nitrogen and oxygen atoms in total. The Morgan fingerprint density at radius 3 is 2.73 bits per heavy atom. The molecule has 2 atom stereocenters. The van der Waals surface area contributed by atoms with Crippen molar-refractivity contribution in [1.82, 2.24) is 4.90 Å². The molecule has 0 saturated carbocycles. The zero-order valence-corrected chi connectivity index (χ0v) is 12.8. The Kier molecular flexibility index (Phi) is 4.28. The maximum atomic E-state index is 11.1. The van der Waals surface area contributed by atoms with Crippen LogP contribution in [0.15, 0.2) is 12.1 Å². The molecule has 1 saturated heterocycles. The molecule has 1 aromatic rings. The summed E-state index contributed by atoms with van der Waals surface area (Å²) in [5.41, 5.74) is 1.66. The molecule has 2 aliphatic heterocycles. The van der Waals surface area contributed by atoms with Gasteiger partial charge in [0, 0.05) is 42.9 Å². The Morgan fingerprint density at radius 2 is 2.05 bits per heavy atom. The van der Waals surface area contributed by atoms with Crippen LogP contribution in [0.3, 0.4) is 0 Å². The number of hydrogen-bond acceptors (Lipinski definition) is 6. The first-order chi connectivity index (χ1) is 10.5. The minimum absolute atomic E-state index is 0.0807. The molecule has 120 valence electrons. The highest BCUT2D eigenvalue weighted by atomic mass is 16.7. The second-order valence-electron chi connectivity index (χ2n) is 5.91. The molecule has 0 aliphatic carbocycles. The van der Waals surface area contributed by atoms with E-state index >= 15 is 0 Å². The summed E-state index contributed by atoms with van der Waals surface area (Å²) in [6, 6.07) is 3.14. The maximum Gasteiger partial charge on any atom is 0.270 e. The zero-order valence-electron chi connectivity index (χ0n) is 12.8. The van der Waals surface area contributed by atoms with Crippen molar-refractivity contribution >= 4 is 5.69 Å². The molecule has 7 heteroatoms. The third-order valence-corrected chi connectivity index (χ3v) is 3.87. The summed E-state index contributed by atoms with van der Waals surface area (Å²) in [4.78, 5) is 13.0. The van der Waals surface area contributed by atoms with Crippen molar-refractivity contribution in [3.63, 3.8) is 0 Å². The average Bonchev–Trinajstić information content (AvgIpc) is 2.46. The standard InChI is InChI=1S/C15H20N2O5/c1-10-5-16(6-11(2)22-10)7-12-3-14(17(18)19)4-13-8-20-9-21-15(12)13/h3-4,10-11H,5-9H2,1-2H3/t10-,11+. The summed E-state index contributed by atoms with van der Waals surface area (Å²) in [5.74, 6) is 0.726. The summed E-state index contributed by atoms with van der Waals surface area (Å²) in [7, 11) is 0. The van der Waals surface area contributed by atoms with Crippen LogP contribution in [0.2, 0.25) is 0 Å². The molecule has 1 aromatic carbocycles. The molecule has 0 aromatic heterocycles. The van der Waals surface area contributed by atoms with Gasteiger partial charge in [-0.1, -0.05) is 0 Å². The van der Waals surface area contributed by atoms with Crippen molar-refractivity contribution in [2.75, 3.05) is 19.9 Å². The Labute approximate surface area is 128 Å². The van der Waals surface area contributed by atoms with Crippen LogP contribution in [0, 0.1) is 10.1 Å². The molecule has 0 unspecified atom stereocenters. The van der Waals surface area contributed by atoms with Gasteiger partial charge in [0.15, 0.2) is 6.79 Å². The quantitative estimate of drug-likeness (QED) is 0.628. The van der Waals surface area contributed by atoms with E-state index in [1.807, 2.05) is 13.8 Å². The molecule has 22 heavy (non-hydrogen) atoms. The highest BCUT2D eigenvalue weighted by molar-refractivity contribution is 5.50. The van der Waals surface area contributed by atoms with Crippen molar-refractivity contribution in [3.8, 4) is 5.75 Å². The normalized spacial score (nSPS) is 25.4. The van der Waals surface area contributed by atoms with Gasteiger partial charge in [0.1, 0.15) is 5.75 Å². The topological polar surface area (TPSA) is 74.1 Å². The molecule has 0 N–H and O–H groups in total. The van der Waals surface area contributed by atoms with E-state index in [0.29, 0.717) is 13.2 Å². The molecule has 0 amide bonds. The molecule has 0 radical (unpaired) electrons. The summed E-state index contributed by atoms with van der Waals surface area (Å²) in [6.07, 6.45) is 0.310. The van der Waals surface area contributed by atoms with Crippen LogP contribution < -0.4 is 4.74 Å². The molecular formula is C15H20N2O5. The summed E-state index contributed by atoms with van der Waals surface area (Å²) >= 11 is 0. The largest absolute Gasteiger partial charge is 0.467 e. The van der Waals surface area contributed by atoms with Crippen molar-refractivity contribution in [2.45, 2.75) is 39.2 Å². The van der Waals surface area contributed by atoms with E-state index in [0.717, 1.165) is 30.0 Å². The number of non-ortho nitro benzene ring substituents is 1. The Morgan fingerprint density at radius 1 is 1.32 bits per heavy atom. The number of nitro benzene ring substituents is 1. The van der Waals surface area contributed by atoms with E-state index < -0.39 is 0 Å². The number of rotatable bonds is 3. The highest BCUT2D eigenvalue weighted by Crippen LogP contribution is 2.33. The number of benzene rings is 1. The van der Waals surface area contributed by atoms with E-state index in [9.17, 15) is 10.1 Å². The minimum Gasteiger partial charge on any atom is -0.467 e. The molecule has 2 heterocycles. The number of nitro groups is 1. The van der Waals surface area contributed by atoms with E-state index in [-0.39, 0.29) is 29.6 Å². The lowest BCUT2D eigenvalue weighted by Crippen LogP contribution is -2.44. The van der Waals surface area contributed by atoms with Crippen LogP contribution in [0.1, 0.15) is 25.0 Å². The summed E-state index contributed by atoms with van der Waals surface area (Å²) < 4.78 is 16.5. The lowest BCUT2D eigenvalue weighted by Gasteiger charge is -2.35. The van der Waals surface area contributed by atoms with Crippen LogP contribution in [0.4, 0.5) is 5.69 Å². The van der Waals surface area contributed by atoms with Gasteiger partial charge in [-0.3, -0.25) is 15.0 Å². The molecule has 1 fully saturated rings. The van der Waals surface area contributed by atoms with Gasteiger partial charge in [0.2, 0.25) is 0 Å². The first-order valence-corrected chi connectivity index (χ1v) is 7.41. The first kappa shape index (κ1) is 15.2. The second kappa shape index (κ2) is 6.20. The predicted molar refractivity (Wildman–Crippen MR) is 78.7 cm³/mol. The summed E-state index contributed by atoms with van der Waals surface area (Å²) in [6.45, 7) is 6.83. The van der Waals surface area contributed by atoms with Crippen molar-refractivity contribution in [2.24, 2.45) is 0 Å². The highest BCUT2D eigenvalue weighted by Gasteiger charge is 2.26. The third kappa shape index (κ3) is 3.21. The molecular weight excluding hydrogens is 288 g/mol. The minimum atomic E-state index is -0.372. The van der Waals surface area contributed by atoms with Crippen LogP contribution in [-0.4, -0.2) is 41.9 Å². The number of hydrogen-bond donors (Lipinski definition) is 0. The lowest BCUT2D eigenvalue weighted by atomic mass is 10.1. The van der Waals surface area contributed by atoms with E-state index in [2.05, 4.69) is 4.90 Å². The van der Waals surface area contributed by atoms with Gasteiger partial charge in [-0.05, 0) is 13.8 Å². The smallest absolute Gasteiger partial charge is 0.270 e. The van der Waals surface area contributed by atoms with Gasteiger partial charge in [0.05, 0.1) is 23.7 Å². The third-order valence-electron chi connectivity index (χ3n) is 3.87. The van der Waals surface area contributed by atoms with Gasteiger partial charge in [-0.2, -0.15) is 0 Å². The summed E-state index contributed by atoms with van der Waals surface area (Å²) in [5, 5.41) is 11.1. The molecule has 0 bridgehead atoms. The lowest BCUT2D eigenvalue weighted by molar-refractivity contribution is -0.385.